The lowest BCUT2D eigenvalue weighted by atomic mass is 9.95. The SMILES string of the molecule is CC(C)C[C@@H](C(N)=O)N(CC#N)[C@@H](c1ccc(-c2cc(F)cc(F)c2F)cc1)C(F)(F)F. The molecule has 0 saturated heterocycles. The molecule has 0 heterocycles. The van der Waals surface area contributed by atoms with Crippen LogP contribution in [0, 0.1) is 34.7 Å². The van der Waals surface area contributed by atoms with Crippen molar-refractivity contribution in [2.45, 2.75) is 38.5 Å². The van der Waals surface area contributed by atoms with E-state index in [1.54, 1.807) is 19.9 Å². The third-order valence-corrected chi connectivity index (χ3v) is 4.85. The van der Waals surface area contributed by atoms with Gasteiger partial charge in [0.2, 0.25) is 5.91 Å². The smallest absolute Gasteiger partial charge is 0.368 e. The number of halogens is 6. The third-order valence-electron chi connectivity index (χ3n) is 4.85. The molecule has 2 aromatic carbocycles. The van der Waals surface area contributed by atoms with E-state index >= 15 is 0 Å². The molecule has 0 aliphatic heterocycles. The molecular weight excluding hydrogens is 436 g/mol. The summed E-state index contributed by atoms with van der Waals surface area (Å²) in [4.78, 5) is 12.6. The molecule has 2 rings (SSSR count). The second-order valence-corrected chi connectivity index (χ2v) is 7.69. The number of rotatable bonds is 8. The van der Waals surface area contributed by atoms with E-state index in [-0.39, 0.29) is 23.5 Å². The fraction of sp³-hybridized carbons (Fsp3) is 0.364. The van der Waals surface area contributed by atoms with Crippen molar-refractivity contribution in [2.24, 2.45) is 11.7 Å². The number of benzene rings is 2. The van der Waals surface area contributed by atoms with Crippen LogP contribution in [-0.4, -0.2) is 29.6 Å². The topological polar surface area (TPSA) is 70.1 Å². The van der Waals surface area contributed by atoms with Gasteiger partial charge in [0.1, 0.15) is 11.9 Å². The van der Waals surface area contributed by atoms with Crippen molar-refractivity contribution in [2.75, 3.05) is 6.54 Å². The maximum atomic E-state index is 14.1. The number of carbonyl (C=O) groups is 1. The lowest BCUT2D eigenvalue weighted by molar-refractivity contribution is -0.192. The molecule has 0 aliphatic carbocycles. The highest BCUT2D eigenvalue weighted by atomic mass is 19.4. The molecule has 1 amide bonds. The summed E-state index contributed by atoms with van der Waals surface area (Å²) >= 11 is 0. The molecule has 32 heavy (non-hydrogen) atoms. The molecule has 4 nitrogen and oxygen atoms in total. The Morgan fingerprint density at radius 2 is 1.72 bits per heavy atom. The molecule has 10 heteroatoms. The van der Waals surface area contributed by atoms with E-state index in [9.17, 15) is 31.1 Å². The average molecular weight is 457 g/mol. The van der Waals surface area contributed by atoms with Gasteiger partial charge < -0.3 is 5.73 Å². The highest BCUT2D eigenvalue weighted by Crippen LogP contribution is 2.40. The van der Waals surface area contributed by atoms with Gasteiger partial charge in [-0.2, -0.15) is 18.4 Å². The number of hydrogen-bond donors (Lipinski definition) is 1. The number of carbonyl (C=O) groups excluding carboxylic acids is 1. The van der Waals surface area contributed by atoms with E-state index < -0.39 is 53.7 Å². The first-order valence-corrected chi connectivity index (χ1v) is 9.60. The summed E-state index contributed by atoms with van der Waals surface area (Å²) < 4.78 is 83.2. The Hall–Kier alpha value is -3.06. The second kappa shape index (κ2) is 10.0. The molecule has 0 unspecified atom stereocenters. The Morgan fingerprint density at radius 1 is 1.12 bits per heavy atom. The summed E-state index contributed by atoms with van der Waals surface area (Å²) in [6.07, 6.45) is -4.89. The minimum atomic E-state index is -4.89. The molecule has 0 spiro atoms. The quantitative estimate of drug-likeness (QED) is 0.341. The predicted molar refractivity (Wildman–Crippen MR) is 105 cm³/mol. The summed E-state index contributed by atoms with van der Waals surface area (Å²) in [5.74, 6) is -5.01. The molecule has 172 valence electrons. The van der Waals surface area contributed by atoms with Gasteiger partial charge in [0, 0.05) is 11.6 Å². The molecule has 0 saturated carbocycles. The molecule has 2 aromatic rings. The highest BCUT2D eigenvalue weighted by molar-refractivity contribution is 5.80. The number of hydrogen-bond acceptors (Lipinski definition) is 3. The molecule has 0 bridgehead atoms. The van der Waals surface area contributed by atoms with Gasteiger partial charge in [-0.05, 0) is 29.5 Å². The largest absolute Gasteiger partial charge is 0.408 e. The first-order valence-electron chi connectivity index (χ1n) is 9.60. The van der Waals surface area contributed by atoms with Crippen LogP contribution in [-0.2, 0) is 4.79 Å². The average Bonchev–Trinajstić information content (AvgIpc) is 2.68. The Morgan fingerprint density at radius 3 is 2.19 bits per heavy atom. The molecule has 2 N–H and O–H groups in total. The van der Waals surface area contributed by atoms with Crippen molar-refractivity contribution in [1.82, 2.24) is 4.90 Å². The van der Waals surface area contributed by atoms with Crippen molar-refractivity contribution in [1.29, 1.82) is 5.26 Å². The zero-order chi connectivity index (χ0) is 24.2. The molecular formula is C22H21F6N3O. The Bertz CT molecular complexity index is 998. The summed E-state index contributed by atoms with van der Waals surface area (Å²) in [6.45, 7) is 2.67. The zero-order valence-electron chi connectivity index (χ0n) is 17.3. The van der Waals surface area contributed by atoms with Gasteiger partial charge in [-0.15, -0.1) is 0 Å². The standard InChI is InChI=1S/C22H21F6N3O/c1-12(2)9-18(21(30)32)31(8-7-29)20(22(26,27)28)14-5-3-13(4-6-14)16-10-15(23)11-17(24)19(16)25/h3-6,10-12,18,20H,8-9H2,1-2H3,(H2,30,32)/t18-,20-/m0/s1. The van der Waals surface area contributed by atoms with Gasteiger partial charge in [-0.3, -0.25) is 9.69 Å². The van der Waals surface area contributed by atoms with Crippen LogP contribution in [0.15, 0.2) is 36.4 Å². The predicted octanol–water partition coefficient (Wildman–Crippen LogP) is 5.10. The summed E-state index contributed by atoms with van der Waals surface area (Å²) in [7, 11) is 0. The van der Waals surface area contributed by atoms with E-state index in [0.717, 1.165) is 30.3 Å². The highest BCUT2D eigenvalue weighted by Gasteiger charge is 2.48. The molecule has 2 atom stereocenters. The van der Waals surface area contributed by atoms with E-state index in [1.807, 2.05) is 0 Å². The lowest BCUT2D eigenvalue weighted by Crippen LogP contribution is -2.51. The van der Waals surface area contributed by atoms with Crippen LogP contribution in [0.3, 0.4) is 0 Å². The van der Waals surface area contributed by atoms with E-state index in [4.69, 9.17) is 11.0 Å². The van der Waals surface area contributed by atoms with Gasteiger partial charge in [0.25, 0.3) is 0 Å². The number of nitrogens with two attached hydrogens (primary N) is 1. The number of primary amides is 1. The minimum absolute atomic E-state index is 0.00451. The van der Waals surface area contributed by atoms with Crippen molar-refractivity contribution in [3.63, 3.8) is 0 Å². The normalized spacial score (nSPS) is 13.8. The van der Waals surface area contributed by atoms with Crippen LogP contribution >= 0.6 is 0 Å². The van der Waals surface area contributed by atoms with Crippen LogP contribution in [0.2, 0.25) is 0 Å². The third kappa shape index (κ3) is 5.79. The monoisotopic (exact) mass is 457 g/mol. The number of alkyl halides is 3. The van der Waals surface area contributed by atoms with Crippen LogP contribution < -0.4 is 5.73 Å². The Kier molecular flexibility index (Phi) is 7.91. The lowest BCUT2D eigenvalue weighted by Gasteiger charge is -2.37. The molecule has 0 fully saturated rings. The van der Waals surface area contributed by atoms with Gasteiger partial charge >= 0.3 is 6.18 Å². The number of amides is 1. The summed E-state index contributed by atoms with van der Waals surface area (Å²) in [6, 6.07) is 3.17. The fourth-order valence-electron chi connectivity index (χ4n) is 3.50. The van der Waals surface area contributed by atoms with Gasteiger partial charge in [-0.25, -0.2) is 13.2 Å². The van der Waals surface area contributed by atoms with Crippen molar-refractivity contribution in [3.8, 4) is 17.2 Å². The summed E-state index contributed by atoms with van der Waals surface area (Å²) in [5, 5.41) is 9.11. The van der Waals surface area contributed by atoms with Crippen LogP contribution in [0.25, 0.3) is 11.1 Å². The van der Waals surface area contributed by atoms with Crippen LogP contribution in [0.4, 0.5) is 26.3 Å². The Labute approximate surface area is 181 Å². The van der Waals surface area contributed by atoms with Crippen molar-refractivity contribution in [3.05, 3.63) is 59.4 Å². The van der Waals surface area contributed by atoms with Crippen molar-refractivity contribution >= 4 is 5.91 Å². The first-order chi connectivity index (χ1) is 14.9. The number of nitrogens with zero attached hydrogens (tertiary/aromatic N) is 2. The molecule has 0 radical (unpaired) electrons. The molecule has 0 aliphatic rings. The van der Waals surface area contributed by atoms with E-state index in [2.05, 4.69) is 0 Å². The van der Waals surface area contributed by atoms with Gasteiger partial charge in [-0.1, -0.05) is 38.1 Å². The van der Waals surface area contributed by atoms with E-state index in [0.29, 0.717) is 11.0 Å². The Balaban J connectivity index is 2.56. The fourth-order valence-corrected chi connectivity index (χ4v) is 3.50. The second-order valence-electron chi connectivity index (χ2n) is 7.69. The van der Waals surface area contributed by atoms with Crippen molar-refractivity contribution < 1.29 is 31.1 Å². The minimum Gasteiger partial charge on any atom is -0.368 e. The van der Waals surface area contributed by atoms with Gasteiger partial charge in [0.15, 0.2) is 11.6 Å². The van der Waals surface area contributed by atoms with Gasteiger partial charge in [0.05, 0.1) is 18.7 Å². The maximum Gasteiger partial charge on any atom is 0.408 e. The zero-order valence-corrected chi connectivity index (χ0v) is 17.3. The van der Waals surface area contributed by atoms with Crippen LogP contribution in [0.5, 0.6) is 0 Å². The van der Waals surface area contributed by atoms with E-state index in [1.165, 1.54) is 0 Å². The molecule has 0 aromatic heterocycles. The van der Waals surface area contributed by atoms with Crippen LogP contribution in [0.1, 0.15) is 31.9 Å². The summed E-state index contributed by atoms with van der Waals surface area (Å²) in [5.41, 5.74) is 4.50. The first kappa shape index (κ1) is 25.2. The number of nitriles is 1. The maximum absolute atomic E-state index is 14.1.